The van der Waals surface area contributed by atoms with Gasteiger partial charge in [-0.1, -0.05) is 6.92 Å². The minimum atomic E-state index is -3.95. The molecule has 0 aliphatic heterocycles. The molecule has 1 aromatic rings. The van der Waals surface area contributed by atoms with Crippen LogP contribution in [-0.2, 0) is 17.1 Å². The van der Waals surface area contributed by atoms with Crippen molar-refractivity contribution in [3.63, 3.8) is 0 Å². The molecule has 14 heavy (non-hydrogen) atoms. The van der Waals surface area contributed by atoms with E-state index in [4.69, 9.17) is 5.11 Å². The number of halogens is 2. The topological polar surface area (TPSA) is 63.1 Å². The Morgan fingerprint density at radius 2 is 2.21 bits per heavy atom. The molecule has 0 spiro atoms. The summed E-state index contributed by atoms with van der Waals surface area (Å²) >= 11 is 0. The van der Waals surface area contributed by atoms with Crippen molar-refractivity contribution in [2.45, 2.75) is 19.3 Å². The van der Waals surface area contributed by atoms with Gasteiger partial charge in [0.15, 0.2) is 0 Å². The van der Waals surface area contributed by atoms with Crippen LogP contribution in [0, 0.1) is 0 Å². The number of rotatable bonds is 3. The van der Waals surface area contributed by atoms with Gasteiger partial charge in [-0.05, 0) is 12.5 Å². The molecule has 0 aromatic carbocycles. The molecular weight excluding hydrogens is 194 g/mol. The molecule has 0 unspecified atom stereocenters. The molecule has 4 nitrogen and oxygen atoms in total. The van der Waals surface area contributed by atoms with E-state index in [1.807, 2.05) is 0 Å². The lowest BCUT2D eigenvalue weighted by Crippen LogP contribution is -2.26. The molecule has 6 heteroatoms. The largest absolute Gasteiger partial charge is 0.476 e. The van der Waals surface area contributed by atoms with Crippen LogP contribution in [-0.4, -0.2) is 21.0 Å². The number of aromatic nitrogens is 2. The van der Waals surface area contributed by atoms with Crippen molar-refractivity contribution in [3.05, 3.63) is 23.8 Å². The highest BCUT2D eigenvalue weighted by Crippen LogP contribution is 2.26. The summed E-state index contributed by atoms with van der Waals surface area (Å²) in [6, 6.07) is 0.994. The maximum Gasteiger partial charge on any atom is 0.384 e. The third kappa shape index (κ3) is 1.84. The van der Waals surface area contributed by atoms with Gasteiger partial charge in [0.1, 0.15) is 12.0 Å². The first-order valence-corrected chi connectivity index (χ1v) is 3.91. The Labute approximate surface area is 78.6 Å². The van der Waals surface area contributed by atoms with Gasteiger partial charge in [0.05, 0.1) is 0 Å². The van der Waals surface area contributed by atoms with Crippen LogP contribution in [0.15, 0.2) is 12.4 Å². The van der Waals surface area contributed by atoms with Crippen LogP contribution in [0.1, 0.15) is 18.3 Å². The van der Waals surface area contributed by atoms with E-state index in [0.717, 1.165) is 12.4 Å². The molecule has 0 saturated carbocycles. The predicted octanol–water partition coefficient (Wildman–Crippen LogP) is 1.22. The summed E-state index contributed by atoms with van der Waals surface area (Å²) in [6.45, 7) is 1.73. The lowest BCUT2D eigenvalue weighted by atomic mass is 10.2. The molecular formula is C8H8F2N2O2. The van der Waals surface area contributed by atoms with Gasteiger partial charge in [-0.25, -0.2) is 14.8 Å². The Morgan fingerprint density at radius 1 is 1.57 bits per heavy atom. The second-order valence-electron chi connectivity index (χ2n) is 2.63. The maximum atomic E-state index is 12.9. The molecule has 0 aliphatic carbocycles. The van der Waals surface area contributed by atoms with Crippen LogP contribution in [0.2, 0.25) is 0 Å². The number of hydrogen-bond acceptors (Lipinski definition) is 3. The van der Waals surface area contributed by atoms with Gasteiger partial charge in [0.25, 0.3) is 0 Å². The zero-order valence-corrected chi connectivity index (χ0v) is 7.37. The number of hydrogen-bond donors (Lipinski definition) is 1. The summed E-state index contributed by atoms with van der Waals surface area (Å²) in [4.78, 5) is 17.1. The minimum absolute atomic E-state index is 0.385. The number of carboxylic acid groups (broad SMARTS) is 1. The standard InChI is InChI=1S/C8H8F2N2O2/c1-2-5-3-6(12-4-11-5)8(9,10)7(13)14/h3-4H,2H2,1H3,(H,13,14). The second-order valence-corrected chi connectivity index (χ2v) is 2.63. The van der Waals surface area contributed by atoms with Gasteiger partial charge in [0.2, 0.25) is 0 Å². The Kier molecular flexibility index (Phi) is 2.73. The molecule has 0 aliphatic rings. The van der Waals surface area contributed by atoms with Gasteiger partial charge < -0.3 is 5.11 Å². The zero-order chi connectivity index (χ0) is 10.8. The first kappa shape index (κ1) is 10.5. The van der Waals surface area contributed by atoms with Crippen LogP contribution in [0.3, 0.4) is 0 Å². The van der Waals surface area contributed by atoms with E-state index in [2.05, 4.69) is 9.97 Å². The van der Waals surface area contributed by atoms with Crippen LogP contribution in [0.5, 0.6) is 0 Å². The summed E-state index contributed by atoms with van der Waals surface area (Å²) in [5.74, 6) is -6.16. The van der Waals surface area contributed by atoms with Gasteiger partial charge in [-0.15, -0.1) is 0 Å². The average molecular weight is 202 g/mol. The normalized spacial score (nSPS) is 11.4. The molecule has 0 fully saturated rings. The van der Waals surface area contributed by atoms with E-state index < -0.39 is 17.6 Å². The molecule has 0 saturated heterocycles. The zero-order valence-electron chi connectivity index (χ0n) is 7.37. The van der Waals surface area contributed by atoms with Crippen LogP contribution in [0.25, 0.3) is 0 Å². The van der Waals surface area contributed by atoms with Crippen LogP contribution >= 0.6 is 0 Å². The van der Waals surface area contributed by atoms with Crippen molar-refractivity contribution in [2.24, 2.45) is 0 Å². The van der Waals surface area contributed by atoms with Gasteiger partial charge in [-0.2, -0.15) is 8.78 Å². The van der Waals surface area contributed by atoms with Crippen LogP contribution < -0.4 is 0 Å². The van der Waals surface area contributed by atoms with Crippen molar-refractivity contribution < 1.29 is 18.7 Å². The molecule has 1 aromatic heterocycles. The fourth-order valence-corrected chi connectivity index (χ4v) is 0.872. The highest BCUT2D eigenvalue weighted by molar-refractivity contribution is 5.76. The van der Waals surface area contributed by atoms with E-state index in [0.29, 0.717) is 12.1 Å². The van der Waals surface area contributed by atoms with Gasteiger partial charge in [0, 0.05) is 5.69 Å². The lowest BCUT2D eigenvalue weighted by molar-refractivity contribution is -0.166. The van der Waals surface area contributed by atoms with Gasteiger partial charge >= 0.3 is 11.9 Å². The third-order valence-corrected chi connectivity index (χ3v) is 1.68. The van der Waals surface area contributed by atoms with Crippen molar-refractivity contribution in [3.8, 4) is 0 Å². The first-order valence-electron chi connectivity index (χ1n) is 3.91. The van der Waals surface area contributed by atoms with E-state index in [1.54, 1.807) is 6.92 Å². The summed E-state index contributed by atoms with van der Waals surface area (Å²) in [6.07, 6.45) is 1.39. The Hall–Kier alpha value is -1.59. The molecule has 0 radical (unpaired) electrons. The fourth-order valence-electron chi connectivity index (χ4n) is 0.872. The summed E-state index contributed by atoms with van der Waals surface area (Å²) in [5, 5.41) is 8.25. The minimum Gasteiger partial charge on any atom is -0.476 e. The van der Waals surface area contributed by atoms with Crippen molar-refractivity contribution in [1.82, 2.24) is 9.97 Å². The molecule has 1 N–H and O–H groups in total. The average Bonchev–Trinajstić information content (AvgIpc) is 2.17. The SMILES string of the molecule is CCc1cc(C(F)(F)C(=O)O)ncn1. The van der Waals surface area contributed by atoms with E-state index in [9.17, 15) is 13.6 Å². The lowest BCUT2D eigenvalue weighted by Gasteiger charge is -2.10. The molecule has 1 rings (SSSR count). The van der Waals surface area contributed by atoms with Crippen molar-refractivity contribution in [2.75, 3.05) is 0 Å². The number of aryl methyl sites for hydroxylation is 1. The molecule has 1 heterocycles. The van der Waals surface area contributed by atoms with Gasteiger partial charge in [-0.3, -0.25) is 0 Å². The highest BCUT2D eigenvalue weighted by Gasteiger charge is 2.42. The number of aliphatic carboxylic acids is 1. The smallest absolute Gasteiger partial charge is 0.384 e. The summed E-state index contributed by atoms with van der Waals surface area (Å²) in [7, 11) is 0. The second kappa shape index (κ2) is 3.65. The molecule has 0 amide bonds. The summed E-state index contributed by atoms with van der Waals surface area (Å²) in [5.41, 5.74) is -0.396. The van der Waals surface area contributed by atoms with E-state index in [1.165, 1.54) is 0 Å². The van der Waals surface area contributed by atoms with E-state index in [-0.39, 0.29) is 0 Å². The first-order chi connectivity index (χ1) is 6.48. The number of nitrogens with zero attached hydrogens (tertiary/aromatic N) is 2. The monoisotopic (exact) mass is 202 g/mol. The number of carboxylic acids is 1. The highest BCUT2D eigenvalue weighted by atomic mass is 19.3. The molecule has 0 atom stereocenters. The third-order valence-electron chi connectivity index (χ3n) is 1.68. The Balaban J connectivity index is 3.12. The van der Waals surface area contributed by atoms with E-state index >= 15 is 0 Å². The Bertz CT molecular complexity index is 355. The van der Waals surface area contributed by atoms with Crippen molar-refractivity contribution in [1.29, 1.82) is 0 Å². The number of alkyl halides is 2. The summed E-state index contributed by atoms with van der Waals surface area (Å²) < 4.78 is 25.8. The van der Waals surface area contributed by atoms with Crippen molar-refractivity contribution >= 4 is 5.97 Å². The molecule has 76 valence electrons. The number of carbonyl (C=O) groups is 1. The molecule has 0 bridgehead atoms. The Morgan fingerprint density at radius 3 is 2.71 bits per heavy atom. The maximum absolute atomic E-state index is 12.9. The fraction of sp³-hybridized carbons (Fsp3) is 0.375. The quantitative estimate of drug-likeness (QED) is 0.800. The predicted molar refractivity (Wildman–Crippen MR) is 42.9 cm³/mol. The van der Waals surface area contributed by atoms with Crippen LogP contribution in [0.4, 0.5) is 8.78 Å².